The van der Waals surface area contributed by atoms with Gasteiger partial charge in [-0.15, -0.1) is 0 Å². The number of fused-ring (bicyclic) bond motifs is 8. The molecule has 12 nitrogen and oxygen atoms in total. The largest absolute Gasteiger partial charge is 0.493 e. The molecule has 0 spiro atoms. The molecule has 8 bridgehead atoms. The van der Waals surface area contributed by atoms with E-state index < -0.39 is 0 Å². The fourth-order valence-corrected chi connectivity index (χ4v) is 7.07. The Balaban J connectivity index is 1.97. The van der Waals surface area contributed by atoms with Crippen molar-refractivity contribution in [3.63, 3.8) is 0 Å². The van der Waals surface area contributed by atoms with Gasteiger partial charge in [-0.25, -0.2) is 0 Å². The molecule has 0 aliphatic heterocycles. The lowest BCUT2D eigenvalue weighted by Crippen LogP contribution is -2.17. The van der Waals surface area contributed by atoms with E-state index in [1.807, 2.05) is 76.2 Å². The highest BCUT2D eigenvalue weighted by Crippen LogP contribution is 2.41. The van der Waals surface area contributed by atoms with Crippen molar-refractivity contribution in [2.45, 2.75) is 79.1 Å². The normalized spacial score (nSPS) is 12.1. The lowest BCUT2D eigenvalue weighted by molar-refractivity contribution is 0.304. The Morgan fingerprint density at radius 3 is 0.661 bits per heavy atom. The van der Waals surface area contributed by atoms with E-state index in [0.29, 0.717) is 97.4 Å². The van der Waals surface area contributed by atoms with E-state index in [2.05, 4.69) is 0 Å². The minimum Gasteiger partial charge on any atom is -0.493 e. The Kier molecular flexibility index (Phi) is 13.6. The highest BCUT2D eigenvalue weighted by molar-refractivity contribution is 5.98. The molecule has 0 saturated carbocycles. The van der Waals surface area contributed by atoms with Gasteiger partial charge in [0.2, 0.25) is 0 Å². The molecule has 0 atom stereocenters. The SMILES string of the molecule is CCCOc1c2cc(C(=N)N)cc1Cc1cc(C(=N)N)cc(c1OCCC)Cc1cc(C(=N)N)cc(c1OCCC)Cc1cc(C(=N)N)cc(c1OCCC)C2. The fraction of sp³-hybridized carbons (Fsp3) is 0.364. The minimum absolute atomic E-state index is 0.0930. The zero-order valence-electron chi connectivity index (χ0n) is 33.0. The first kappa shape index (κ1) is 41.1. The van der Waals surface area contributed by atoms with Gasteiger partial charge in [-0.3, -0.25) is 21.6 Å². The van der Waals surface area contributed by atoms with Crippen LogP contribution in [-0.2, 0) is 25.7 Å². The molecule has 12 heteroatoms. The third kappa shape index (κ3) is 9.42. The van der Waals surface area contributed by atoms with Gasteiger partial charge in [0.15, 0.2) is 0 Å². The molecule has 5 rings (SSSR count). The van der Waals surface area contributed by atoms with Crippen LogP contribution in [0.15, 0.2) is 48.5 Å². The standard InChI is InChI=1S/C44H56N8O4/c1-5-9-53-37-25-13-27-19-34(42(47)48)21-29(38(27)54-10-6-2)15-31-23-36(44(51)52)24-32(40(31)56-12-8-4)16-30-22-35(43(49)50)20-28(39(30)55-11-7-3)14-26(37)18-33(17-25)41(45)46/h17-24H,5-16H2,1-4H3,(H3,45,46)(H3,47,48)(H3,49,50)(H3,51,52). The third-order valence-electron chi connectivity index (χ3n) is 9.54. The molecular weight excluding hydrogens is 705 g/mol. The molecule has 4 aromatic rings. The molecule has 1 aliphatic rings. The Morgan fingerprint density at radius 2 is 0.536 bits per heavy atom. The highest BCUT2D eigenvalue weighted by Gasteiger charge is 2.25. The molecular formula is C44H56N8O4. The summed E-state index contributed by atoms with van der Waals surface area (Å²) in [5.74, 6) is 2.25. The second-order valence-corrected chi connectivity index (χ2v) is 14.3. The van der Waals surface area contributed by atoms with E-state index in [0.717, 1.165) is 70.2 Å². The van der Waals surface area contributed by atoms with Crippen LogP contribution in [0.25, 0.3) is 0 Å². The quantitative estimate of drug-likeness (QED) is 0.0399. The van der Waals surface area contributed by atoms with Gasteiger partial charge < -0.3 is 41.9 Å². The van der Waals surface area contributed by atoms with Gasteiger partial charge in [-0.1, -0.05) is 27.7 Å². The van der Waals surface area contributed by atoms with Crippen LogP contribution in [0.5, 0.6) is 23.0 Å². The minimum atomic E-state index is -0.0930. The average Bonchev–Trinajstić information content (AvgIpc) is 3.15. The molecule has 4 aromatic carbocycles. The summed E-state index contributed by atoms with van der Waals surface area (Å²) in [6, 6.07) is 15.1. The molecule has 56 heavy (non-hydrogen) atoms. The van der Waals surface area contributed by atoms with E-state index in [1.54, 1.807) is 0 Å². The zero-order valence-corrected chi connectivity index (χ0v) is 33.0. The molecule has 0 unspecified atom stereocenters. The Morgan fingerprint density at radius 1 is 0.375 bits per heavy atom. The number of ether oxygens (including phenoxy) is 4. The van der Waals surface area contributed by atoms with Crippen molar-refractivity contribution in [2.24, 2.45) is 22.9 Å². The number of nitrogen functional groups attached to an aromatic ring is 4. The molecule has 12 N–H and O–H groups in total. The van der Waals surface area contributed by atoms with E-state index >= 15 is 0 Å². The predicted octanol–water partition coefficient (Wildman–Crippen LogP) is 6.65. The summed E-state index contributed by atoms with van der Waals surface area (Å²) in [5, 5.41) is 34.1. The Bertz CT molecular complexity index is 1750. The summed E-state index contributed by atoms with van der Waals surface area (Å²) in [7, 11) is 0. The van der Waals surface area contributed by atoms with Crippen LogP contribution in [0.3, 0.4) is 0 Å². The van der Waals surface area contributed by atoms with Crippen molar-refractivity contribution in [1.82, 2.24) is 0 Å². The topological polar surface area (TPSA) is 236 Å². The van der Waals surface area contributed by atoms with Crippen LogP contribution >= 0.6 is 0 Å². The van der Waals surface area contributed by atoms with Crippen LogP contribution in [0.2, 0.25) is 0 Å². The second-order valence-electron chi connectivity index (χ2n) is 14.3. The number of benzene rings is 4. The summed E-state index contributed by atoms with van der Waals surface area (Å²) in [5.41, 5.74) is 33.2. The molecule has 0 saturated heterocycles. The Labute approximate surface area is 329 Å². The van der Waals surface area contributed by atoms with Crippen molar-refractivity contribution in [2.75, 3.05) is 26.4 Å². The first-order valence-corrected chi connectivity index (χ1v) is 19.4. The van der Waals surface area contributed by atoms with Gasteiger partial charge in [0.1, 0.15) is 46.3 Å². The monoisotopic (exact) mass is 760 g/mol. The van der Waals surface area contributed by atoms with Crippen molar-refractivity contribution in [3.8, 4) is 23.0 Å². The maximum Gasteiger partial charge on any atom is 0.126 e. The van der Waals surface area contributed by atoms with Gasteiger partial charge in [0, 0.05) is 47.9 Å². The van der Waals surface area contributed by atoms with E-state index in [9.17, 15) is 0 Å². The maximum absolute atomic E-state index is 8.54. The molecule has 0 fully saturated rings. The van der Waals surface area contributed by atoms with Crippen LogP contribution < -0.4 is 41.9 Å². The Hall–Kier alpha value is -6.04. The summed E-state index contributed by atoms with van der Waals surface area (Å²) in [6.45, 7) is 9.98. The predicted molar refractivity (Wildman–Crippen MR) is 224 cm³/mol. The fourth-order valence-electron chi connectivity index (χ4n) is 7.07. The summed E-state index contributed by atoms with van der Waals surface area (Å²) < 4.78 is 26.3. The lowest BCUT2D eigenvalue weighted by Gasteiger charge is -2.24. The van der Waals surface area contributed by atoms with Crippen molar-refractivity contribution >= 4 is 23.3 Å². The van der Waals surface area contributed by atoms with Crippen molar-refractivity contribution < 1.29 is 18.9 Å². The highest BCUT2D eigenvalue weighted by atomic mass is 16.5. The van der Waals surface area contributed by atoms with Crippen molar-refractivity contribution in [1.29, 1.82) is 21.6 Å². The zero-order chi connectivity index (χ0) is 40.5. The van der Waals surface area contributed by atoms with E-state index in [-0.39, 0.29) is 23.3 Å². The second kappa shape index (κ2) is 18.5. The molecule has 0 amide bonds. The number of nitrogens with two attached hydrogens (primary N) is 4. The first-order chi connectivity index (χ1) is 26.9. The number of rotatable bonds is 16. The van der Waals surface area contributed by atoms with Gasteiger partial charge >= 0.3 is 0 Å². The molecule has 296 valence electrons. The van der Waals surface area contributed by atoms with Crippen LogP contribution in [-0.4, -0.2) is 49.8 Å². The maximum atomic E-state index is 8.54. The first-order valence-electron chi connectivity index (χ1n) is 19.4. The molecule has 0 heterocycles. The summed E-state index contributed by atoms with van der Waals surface area (Å²) in [4.78, 5) is 0. The molecule has 1 aliphatic carbocycles. The smallest absolute Gasteiger partial charge is 0.126 e. The third-order valence-corrected chi connectivity index (χ3v) is 9.54. The summed E-state index contributed by atoms with van der Waals surface area (Å²) >= 11 is 0. The van der Waals surface area contributed by atoms with Gasteiger partial charge in [-0.2, -0.15) is 0 Å². The van der Waals surface area contributed by atoms with Crippen LogP contribution in [0.4, 0.5) is 0 Å². The van der Waals surface area contributed by atoms with E-state index in [4.69, 9.17) is 63.5 Å². The number of nitrogens with one attached hydrogen (secondary N) is 4. The van der Waals surface area contributed by atoms with Crippen LogP contribution in [0, 0.1) is 21.6 Å². The molecule has 0 aromatic heterocycles. The number of hydrogen-bond acceptors (Lipinski definition) is 8. The lowest BCUT2D eigenvalue weighted by atomic mass is 9.88. The van der Waals surface area contributed by atoms with Crippen molar-refractivity contribution in [3.05, 3.63) is 115 Å². The molecule has 0 radical (unpaired) electrons. The number of amidine groups is 4. The average molecular weight is 761 g/mol. The van der Waals surface area contributed by atoms with Crippen LogP contribution in [0.1, 0.15) is 120 Å². The van der Waals surface area contributed by atoms with Gasteiger partial charge in [-0.05, 0) is 119 Å². The van der Waals surface area contributed by atoms with Gasteiger partial charge in [0.25, 0.3) is 0 Å². The number of hydrogen-bond donors (Lipinski definition) is 8. The van der Waals surface area contributed by atoms with Gasteiger partial charge in [0.05, 0.1) is 26.4 Å². The van der Waals surface area contributed by atoms with E-state index in [1.165, 1.54) is 0 Å². The summed E-state index contributed by atoms with van der Waals surface area (Å²) in [6.07, 6.45) is 4.32.